The molecule has 0 aromatic rings. The lowest BCUT2D eigenvalue weighted by Gasteiger charge is -2.34. The van der Waals surface area contributed by atoms with Crippen LogP contribution in [0.25, 0.3) is 0 Å². The Morgan fingerprint density at radius 1 is 1.50 bits per heavy atom. The SMILES string of the molecule is CC(C)(C)OC(=O)C1(CBr)C=CC2=C(CNC2)N1. The summed E-state index contributed by atoms with van der Waals surface area (Å²) in [5, 5.41) is 7.06. The van der Waals surface area contributed by atoms with E-state index in [-0.39, 0.29) is 5.97 Å². The molecule has 0 aliphatic carbocycles. The van der Waals surface area contributed by atoms with E-state index >= 15 is 0 Å². The van der Waals surface area contributed by atoms with Gasteiger partial charge in [0.25, 0.3) is 0 Å². The van der Waals surface area contributed by atoms with Gasteiger partial charge in [-0.3, -0.25) is 0 Å². The first-order chi connectivity index (χ1) is 8.36. The van der Waals surface area contributed by atoms with Crippen LogP contribution in [-0.4, -0.2) is 35.5 Å². The average Bonchev–Trinajstić information content (AvgIpc) is 2.72. The second-order valence-corrected chi connectivity index (χ2v) is 6.23. The highest BCUT2D eigenvalue weighted by Gasteiger charge is 2.41. The van der Waals surface area contributed by atoms with Crippen molar-refractivity contribution >= 4 is 21.9 Å². The monoisotopic (exact) mass is 314 g/mol. The topological polar surface area (TPSA) is 50.4 Å². The summed E-state index contributed by atoms with van der Waals surface area (Å²) in [5.41, 5.74) is 1.03. The van der Waals surface area contributed by atoms with E-state index in [1.807, 2.05) is 32.9 Å². The number of carbonyl (C=O) groups excluding carboxylic acids is 1. The lowest BCUT2D eigenvalue weighted by atomic mass is 9.95. The van der Waals surface area contributed by atoms with Crippen LogP contribution in [0.5, 0.6) is 0 Å². The lowest BCUT2D eigenvalue weighted by Crippen LogP contribution is -2.55. The zero-order chi connectivity index (χ0) is 13.4. The van der Waals surface area contributed by atoms with Gasteiger partial charge in [-0.1, -0.05) is 22.0 Å². The minimum Gasteiger partial charge on any atom is -0.458 e. The molecule has 0 fully saturated rings. The van der Waals surface area contributed by atoms with Gasteiger partial charge in [0.05, 0.1) is 0 Å². The normalized spacial score (nSPS) is 26.9. The maximum atomic E-state index is 12.3. The van der Waals surface area contributed by atoms with Gasteiger partial charge in [-0.15, -0.1) is 0 Å². The van der Waals surface area contributed by atoms with Gasteiger partial charge in [0.2, 0.25) is 0 Å². The number of hydrogen-bond donors (Lipinski definition) is 2. The summed E-state index contributed by atoms with van der Waals surface area (Å²) in [6, 6.07) is 0. The number of nitrogens with one attached hydrogen (secondary N) is 2. The standard InChI is InChI=1S/C13H19BrN2O2/c1-12(2,3)18-11(17)13(8-14)5-4-9-6-15-7-10(9)16-13/h4-5,15-16H,6-8H2,1-3H3. The minimum atomic E-state index is -0.794. The van der Waals surface area contributed by atoms with E-state index in [1.54, 1.807) is 0 Å². The number of dihydropyridines is 1. The van der Waals surface area contributed by atoms with Crippen molar-refractivity contribution in [3.8, 4) is 0 Å². The molecule has 100 valence electrons. The third kappa shape index (κ3) is 2.62. The fraction of sp³-hybridized carbons (Fsp3) is 0.615. The van der Waals surface area contributed by atoms with Crippen molar-refractivity contribution in [2.75, 3.05) is 18.4 Å². The summed E-state index contributed by atoms with van der Waals surface area (Å²) in [6.07, 6.45) is 3.90. The van der Waals surface area contributed by atoms with Crippen LogP contribution in [-0.2, 0) is 9.53 Å². The molecule has 2 heterocycles. The second-order valence-electron chi connectivity index (χ2n) is 5.67. The van der Waals surface area contributed by atoms with Gasteiger partial charge in [0.1, 0.15) is 5.60 Å². The third-order valence-corrected chi connectivity index (χ3v) is 3.81. The molecule has 2 aliphatic rings. The maximum Gasteiger partial charge on any atom is 0.337 e. The largest absolute Gasteiger partial charge is 0.458 e. The Bertz CT molecular complexity index is 423. The Morgan fingerprint density at radius 2 is 2.22 bits per heavy atom. The van der Waals surface area contributed by atoms with Gasteiger partial charge < -0.3 is 15.4 Å². The van der Waals surface area contributed by atoms with Crippen molar-refractivity contribution in [1.82, 2.24) is 10.6 Å². The number of carbonyl (C=O) groups is 1. The Hall–Kier alpha value is -0.810. The number of esters is 1. The summed E-state index contributed by atoms with van der Waals surface area (Å²) >= 11 is 3.42. The Balaban J connectivity index is 2.18. The summed E-state index contributed by atoms with van der Waals surface area (Å²) in [4.78, 5) is 12.3. The highest BCUT2D eigenvalue weighted by molar-refractivity contribution is 9.09. The van der Waals surface area contributed by atoms with Crippen LogP contribution in [0, 0.1) is 0 Å². The molecule has 0 saturated carbocycles. The van der Waals surface area contributed by atoms with Crippen LogP contribution in [0.4, 0.5) is 0 Å². The number of ether oxygens (including phenoxy) is 1. The van der Waals surface area contributed by atoms with Crippen molar-refractivity contribution in [1.29, 1.82) is 0 Å². The number of alkyl halides is 1. The number of rotatable bonds is 2. The van der Waals surface area contributed by atoms with Gasteiger partial charge >= 0.3 is 5.97 Å². The highest BCUT2D eigenvalue weighted by atomic mass is 79.9. The zero-order valence-electron chi connectivity index (χ0n) is 11.0. The molecule has 0 aromatic heterocycles. The second kappa shape index (κ2) is 4.70. The summed E-state index contributed by atoms with van der Waals surface area (Å²) in [5.74, 6) is -0.249. The molecule has 0 amide bonds. The first kappa shape index (κ1) is 13.6. The Labute approximate surface area is 116 Å². The fourth-order valence-electron chi connectivity index (χ4n) is 2.00. The van der Waals surface area contributed by atoms with E-state index in [4.69, 9.17) is 4.74 Å². The van der Waals surface area contributed by atoms with Crippen molar-refractivity contribution in [3.05, 3.63) is 23.4 Å². The van der Waals surface area contributed by atoms with E-state index in [1.165, 1.54) is 5.57 Å². The molecule has 0 bridgehead atoms. The molecular weight excluding hydrogens is 296 g/mol. The zero-order valence-corrected chi connectivity index (χ0v) is 12.6. The molecule has 0 radical (unpaired) electrons. The molecule has 18 heavy (non-hydrogen) atoms. The molecule has 0 aromatic carbocycles. The van der Waals surface area contributed by atoms with Crippen molar-refractivity contribution < 1.29 is 9.53 Å². The Morgan fingerprint density at radius 3 is 2.83 bits per heavy atom. The third-order valence-electron chi connectivity index (χ3n) is 2.92. The number of hydrogen-bond acceptors (Lipinski definition) is 4. The first-order valence-electron chi connectivity index (χ1n) is 6.06. The summed E-state index contributed by atoms with van der Waals surface area (Å²) in [6.45, 7) is 7.26. The predicted molar refractivity (Wildman–Crippen MR) is 74.5 cm³/mol. The molecule has 4 nitrogen and oxygen atoms in total. The number of halogens is 1. The molecule has 2 aliphatic heterocycles. The van der Waals surface area contributed by atoms with E-state index in [9.17, 15) is 4.79 Å². The Kier molecular flexibility index (Phi) is 3.56. The van der Waals surface area contributed by atoms with E-state index in [0.29, 0.717) is 5.33 Å². The summed E-state index contributed by atoms with van der Waals surface area (Å²) < 4.78 is 5.49. The summed E-state index contributed by atoms with van der Waals surface area (Å²) in [7, 11) is 0. The quantitative estimate of drug-likeness (QED) is 0.599. The molecule has 1 atom stereocenters. The molecule has 5 heteroatoms. The van der Waals surface area contributed by atoms with Crippen LogP contribution in [0.3, 0.4) is 0 Å². The molecule has 2 rings (SSSR count). The highest BCUT2D eigenvalue weighted by Crippen LogP contribution is 2.26. The van der Waals surface area contributed by atoms with E-state index in [2.05, 4.69) is 26.6 Å². The van der Waals surface area contributed by atoms with Gasteiger partial charge in [0.15, 0.2) is 5.54 Å². The van der Waals surface area contributed by atoms with Crippen LogP contribution < -0.4 is 10.6 Å². The van der Waals surface area contributed by atoms with Crippen molar-refractivity contribution in [2.45, 2.75) is 31.9 Å². The van der Waals surface area contributed by atoms with Crippen molar-refractivity contribution in [2.24, 2.45) is 0 Å². The van der Waals surface area contributed by atoms with E-state index < -0.39 is 11.1 Å². The molecule has 0 spiro atoms. The van der Waals surface area contributed by atoms with Gasteiger partial charge in [-0.05, 0) is 32.4 Å². The van der Waals surface area contributed by atoms with Gasteiger partial charge in [-0.25, -0.2) is 4.79 Å². The van der Waals surface area contributed by atoms with Crippen molar-refractivity contribution in [3.63, 3.8) is 0 Å². The molecular formula is C13H19BrN2O2. The minimum absolute atomic E-state index is 0.249. The van der Waals surface area contributed by atoms with E-state index in [0.717, 1.165) is 18.8 Å². The maximum absolute atomic E-state index is 12.3. The fourth-order valence-corrected chi connectivity index (χ4v) is 2.56. The smallest absolute Gasteiger partial charge is 0.337 e. The first-order valence-corrected chi connectivity index (χ1v) is 7.18. The van der Waals surface area contributed by atoms with Crippen LogP contribution >= 0.6 is 15.9 Å². The van der Waals surface area contributed by atoms with Crippen LogP contribution in [0.15, 0.2) is 23.4 Å². The van der Waals surface area contributed by atoms with Crippen LogP contribution in [0.2, 0.25) is 0 Å². The lowest BCUT2D eigenvalue weighted by molar-refractivity contribution is -0.159. The van der Waals surface area contributed by atoms with Gasteiger partial charge in [0, 0.05) is 24.1 Å². The molecule has 1 unspecified atom stereocenters. The molecule has 0 saturated heterocycles. The van der Waals surface area contributed by atoms with Gasteiger partial charge in [-0.2, -0.15) is 0 Å². The average molecular weight is 315 g/mol. The van der Waals surface area contributed by atoms with Crippen LogP contribution in [0.1, 0.15) is 20.8 Å². The molecule has 2 N–H and O–H groups in total. The predicted octanol–water partition coefficient (Wildman–Crippen LogP) is 1.48.